The second-order valence-electron chi connectivity index (χ2n) is 6.60. The van der Waals surface area contributed by atoms with Gasteiger partial charge in [-0.1, -0.05) is 23.4 Å². The Morgan fingerprint density at radius 3 is 2.32 bits per heavy atom. The first-order valence-electron chi connectivity index (χ1n) is 9.23. The Morgan fingerprint density at radius 1 is 0.968 bits per heavy atom. The van der Waals surface area contributed by atoms with Crippen molar-refractivity contribution in [2.45, 2.75) is 6.61 Å². The Bertz CT molecular complexity index is 1260. The highest BCUT2D eigenvalue weighted by atomic mass is 32.1. The van der Waals surface area contributed by atoms with E-state index < -0.39 is 17.8 Å². The summed E-state index contributed by atoms with van der Waals surface area (Å²) in [6, 6.07) is 16.4. The number of hydrogen-bond donors (Lipinski definition) is 0. The number of esters is 1. The Balaban J connectivity index is 1.26. The van der Waals surface area contributed by atoms with E-state index in [-0.39, 0.29) is 18.1 Å². The number of ether oxygens (including phenoxy) is 1. The normalized spacial score (nSPS) is 12.8. The number of thiophene rings is 1. The number of amides is 2. The zero-order valence-corrected chi connectivity index (χ0v) is 16.7. The fourth-order valence-corrected chi connectivity index (χ4v) is 3.85. The van der Waals surface area contributed by atoms with Crippen LogP contribution in [0.25, 0.3) is 10.7 Å². The molecule has 9 heteroatoms. The molecule has 0 aliphatic carbocycles. The van der Waals surface area contributed by atoms with Gasteiger partial charge in [0.2, 0.25) is 5.82 Å². The molecule has 2 amide bonds. The van der Waals surface area contributed by atoms with Crippen LogP contribution in [0.15, 0.2) is 70.6 Å². The number of aromatic nitrogens is 2. The summed E-state index contributed by atoms with van der Waals surface area (Å²) in [5.41, 5.74) is 1.36. The van der Waals surface area contributed by atoms with Crippen LogP contribution in [0.3, 0.4) is 0 Å². The van der Waals surface area contributed by atoms with Gasteiger partial charge in [0.1, 0.15) is 0 Å². The number of benzene rings is 2. The number of hydrogen-bond acceptors (Lipinski definition) is 8. The molecule has 0 atom stereocenters. The molecule has 31 heavy (non-hydrogen) atoms. The zero-order valence-electron chi connectivity index (χ0n) is 15.8. The van der Waals surface area contributed by atoms with Crippen molar-refractivity contribution in [2.24, 2.45) is 0 Å². The monoisotopic (exact) mass is 431 g/mol. The van der Waals surface area contributed by atoms with E-state index >= 15 is 0 Å². The molecular weight excluding hydrogens is 418 g/mol. The third-order valence-corrected chi connectivity index (χ3v) is 5.56. The molecule has 1 aliphatic heterocycles. The fourth-order valence-electron chi connectivity index (χ4n) is 3.20. The molecule has 3 heterocycles. The van der Waals surface area contributed by atoms with Gasteiger partial charge in [-0.05, 0) is 47.8 Å². The van der Waals surface area contributed by atoms with E-state index in [1.54, 1.807) is 24.3 Å². The third kappa shape index (κ3) is 3.40. The van der Waals surface area contributed by atoms with Crippen molar-refractivity contribution < 1.29 is 23.6 Å². The lowest BCUT2D eigenvalue weighted by Gasteiger charge is -2.14. The summed E-state index contributed by atoms with van der Waals surface area (Å²) in [6.45, 7) is -0.169. The number of rotatable bonds is 5. The van der Waals surface area contributed by atoms with Crippen molar-refractivity contribution in [3.8, 4) is 10.7 Å². The van der Waals surface area contributed by atoms with Crippen LogP contribution in [0.5, 0.6) is 0 Å². The molecule has 0 N–H and O–H groups in total. The smallest absolute Gasteiger partial charge is 0.338 e. The van der Waals surface area contributed by atoms with Gasteiger partial charge in [0.25, 0.3) is 17.7 Å². The average Bonchev–Trinajstić information content (AvgIpc) is 3.54. The number of nitrogens with zero attached hydrogens (tertiary/aromatic N) is 3. The number of fused-ring (bicyclic) bond motifs is 1. The molecule has 2 aromatic carbocycles. The summed E-state index contributed by atoms with van der Waals surface area (Å²) in [5, 5.41) is 5.76. The molecule has 0 radical (unpaired) electrons. The van der Waals surface area contributed by atoms with Crippen molar-refractivity contribution in [3.05, 3.63) is 88.6 Å². The van der Waals surface area contributed by atoms with Gasteiger partial charge in [-0.25, -0.2) is 9.69 Å². The van der Waals surface area contributed by atoms with Crippen LogP contribution in [0.4, 0.5) is 5.69 Å². The Hall–Kier alpha value is -4.11. The van der Waals surface area contributed by atoms with Crippen molar-refractivity contribution in [2.75, 3.05) is 4.90 Å². The first-order valence-corrected chi connectivity index (χ1v) is 10.1. The molecule has 0 unspecified atom stereocenters. The highest BCUT2D eigenvalue weighted by Crippen LogP contribution is 2.28. The summed E-state index contributed by atoms with van der Waals surface area (Å²) in [4.78, 5) is 43.6. The topological polar surface area (TPSA) is 103 Å². The van der Waals surface area contributed by atoms with Crippen molar-refractivity contribution in [3.63, 3.8) is 0 Å². The van der Waals surface area contributed by atoms with Crippen LogP contribution in [-0.2, 0) is 11.3 Å². The molecule has 0 saturated heterocycles. The highest BCUT2D eigenvalue weighted by Gasteiger charge is 2.36. The van der Waals surface area contributed by atoms with E-state index in [9.17, 15) is 14.4 Å². The summed E-state index contributed by atoms with van der Waals surface area (Å²) in [7, 11) is 0. The van der Waals surface area contributed by atoms with Gasteiger partial charge in [0, 0.05) is 0 Å². The second kappa shape index (κ2) is 7.62. The van der Waals surface area contributed by atoms with Gasteiger partial charge in [-0.2, -0.15) is 4.98 Å². The van der Waals surface area contributed by atoms with Gasteiger partial charge in [-0.3, -0.25) is 9.59 Å². The van der Waals surface area contributed by atoms with Gasteiger partial charge < -0.3 is 9.26 Å². The Morgan fingerprint density at radius 2 is 1.68 bits per heavy atom. The number of carbonyl (C=O) groups is 3. The van der Waals surface area contributed by atoms with Crippen LogP contribution >= 0.6 is 11.3 Å². The minimum absolute atomic E-state index is 0.169. The van der Waals surface area contributed by atoms with E-state index in [0.717, 1.165) is 9.78 Å². The lowest BCUT2D eigenvalue weighted by molar-refractivity contribution is 0.0429. The predicted octanol–water partition coefficient (Wildman–Crippen LogP) is 3.96. The Kier molecular flexibility index (Phi) is 4.64. The van der Waals surface area contributed by atoms with Gasteiger partial charge in [0.15, 0.2) is 6.61 Å². The van der Waals surface area contributed by atoms with E-state index in [1.165, 1.54) is 35.6 Å². The van der Waals surface area contributed by atoms with Crippen molar-refractivity contribution in [1.82, 2.24) is 10.1 Å². The minimum atomic E-state index is -0.593. The van der Waals surface area contributed by atoms with Crippen molar-refractivity contribution >= 4 is 34.8 Å². The molecule has 4 aromatic rings. The van der Waals surface area contributed by atoms with Crippen molar-refractivity contribution in [1.29, 1.82) is 0 Å². The predicted molar refractivity (Wildman–Crippen MR) is 111 cm³/mol. The molecule has 1 aliphatic rings. The van der Waals surface area contributed by atoms with Gasteiger partial charge in [0.05, 0.1) is 27.3 Å². The standard InChI is InChI=1S/C22H13N3O5S/c26-20-15-4-1-2-5-16(15)21(27)25(20)14-9-7-13(8-10-14)22(28)29-12-18-23-19(24-30-18)17-6-3-11-31-17/h1-11H,12H2. The Labute approximate surface area is 179 Å². The van der Waals surface area contributed by atoms with Crippen LogP contribution in [0.2, 0.25) is 0 Å². The molecule has 152 valence electrons. The molecule has 8 nitrogen and oxygen atoms in total. The maximum Gasteiger partial charge on any atom is 0.338 e. The van der Waals surface area contributed by atoms with E-state index in [2.05, 4.69) is 10.1 Å². The lowest BCUT2D eigenvalue weighted by Crippen LogP contribution is -2.29. The van der Waals surface area contributed by atoms with Crippen LogP contribution in [0.1, 0.15) is 37.0 Å². The summed E-state index contributed by atoms with van der Waals surface area (Å²) in [5.74, 6) is -0.766. The number of imide groups is 1. The second-order valence-corrected chi connectivity index (χ2v) is 7.55. The molecule has 0 spiro atoms. The first kappa shape index (κ1) is 18.9. The van der Waals surface area contributed by atoms with Crippen LogP contribution in [0, 0.1) is 0 Å². The SMILES string of the molecule is O=C(OCc1nc(-c2cccs2)no1)c1ccc(N2C(=O)c3ccccc3C2=O)cc1. The highest BCUT2D eigenvalue weighted by molar-refractivity contribution is 7.13. The summed E-state index contributed by atoms with van der Waals surface area (Å²) < 4.78 is 10.3. The summed E-state index contributed by atoms with van der Waals surface area (Å²) >= 11 is 1.47. The minimum Gasteiger partial charge on any atom is -0.452 e. The molecule has 5 rings (SSSR count). The van der Waals surface area contributed by atoms with E-state index in [4.69, 9.17) is 9.26 Å². The maximum absolute atomic E-state index is 12.6. The lowest BCUT2D eigenvalue weighted by atomic mass is 10.1. The molecular formula is C22H13N3O5S. The fraction of sp³-hybridized carbons (Fsp3) is 0.0455. The summed E-state index contributed by atoms with van der Waals surface area (Å²) in [6.07, 6.45) is 0. The third-order valence-electron chi connectivity index (χ3n) is 4.69. The quantitative estimate of drug-likeness (QED) is 0.348. The van der Waals surface area contributed by atoms with Crippen LogP contribution < -0.4 is 4.90 Å². The zero-order chi connectivity index (χ0) is 21.4. The molecule has 0 bridgehead atoms. The van der Waals surface area contributed by atoms with Gasteiger partial charge >= 0.3 is 5.97 Å². The molecule has 2 aromatic heterocycles. The number of anilines is 1. The average molecular weight is 431 g/mol. The molecule has 0 fully saturated rings. The maximum atomic E-state index is 12.6. The van der Waals surface area contributed by atoms with E-state index in [0.29, 0.717) is 22.6 Å². The first-order chi connectivity index (χ1) is 15.1. The van der Waals surface area contributed by atoms with Crippen LogP contribution in [-0.4, -0.2) is 27.9 Å². The number of carbonyl (C=O) groups excluding carboxylic acids is 3. The van der Waals surface area contributed by atoms with Gasteiger partial charge in [-0.15, -0.1) is 11.3 Å². The van der Waals surface area contributed by atoms with E-state index in [1.807, 2.05) is 17.5 Å². The largest absolute Gasteiger partial charge is 0.452 e. The molecule has 0 saturated carbocycles.